The number of allylic oxidation sites excluding steroid dienone is 1. The zero-order chi connectivity index (χ0) is 19.1. The highest BCUT2D eigenvalue weighted by Gasteiger charge is 2.09. The second-order valence-electron chi connectivity index (χ2n) is 6.23. The van der Waals surface area contributed by atoms with Crippen molar-refractivity contribution >= 4 is 23.6 Å². The number of rotatable bonds is 7. The predicted octanol–water partition coefficient (Wildman–Crippen LogP) is 4.39. The van der Waals surface area contributed by atoms with Crippen LogP contribution in [0.5, 0.6) is 0 Å². The van der Waals surface area contributed by atoms with E-state index in [2.05, 4.69) is 21.3 Å². The van der Waals surface area contributed by atoms with E-state index in [9.17, 15) is 4.79 Å². The zero-order valence-corrected chi connectivity index (χ0v) is 15.4. The molecule has 1 heterocycles. The molecule has 2 aromatic carbocycles. The molecule has 0 saturated carbocycles. The number of nitrogens with one attached hydrogen (secondary N) is 3. The minimum absolute atomic E-state index is 0.0241. The first-order chi connectivity index (χ1) is 13.1. The molecular formula is C21H23N5O. The van der Waals surface area contributed by atoms with Gasteiger partial charge < -0.3 is 21.3 Å². The molecule has 0 aromatic heterocycles. The molecule has 0 fully saturated rings. The lowest BCUT2D eigenvalue weighted by Gasteiger charge is -2.26. The maximum absolute atomic E-state index is 12.1. The molecule has 0 saturated heterocycles. The summed E-state index contributed by atoms with van der Waals surface area (Å²) in [5.41, 5.74) is 3.54. The Morgan fingerprint density at radius 3 is 2.52 bits per heavy atom. The van der Waals surface area contributed by atoms with E-state index >= 15 is 0 Å². The molecule has 0 radical (unpaired) electrons. The average molecular weight is 361 g/mol. The van der Waals surface area contributed by atoms with Gasteiger partial charge in [0.1, 0.15) is 7.05 Å². The largest absolute Gasteiger partial charge is 0.683 e. The van der Waals surface area contributed by atoms with Gasteiger partial charge in [0.25, 0.3) is 0 Å². The number of carbonyl (C=O) groups excluding carboxylic acids is 1. The van der Waals surface area contributed by atoms with Gasteiger partial charge in [0.2, 0.25) is 0 Å². The van der Waals surface area contributed by atoms with Gasteiger partial charge in [0.05, 0.1) is 0 Å². The van der Waals surface area contributed by atoms with Gasteiger partial charge in [-0.05, 0) is 30.5 Å². The Balaban J connectivity index is 1.50. The van der Waals surface area contributed by atoms with Gasteiger partial charge in [-0.1, -0.05) is 48.9 Å². The molecule has 138 valence electrons. The van der Waals surface area contributed by atoms with E-state index < -0.39 is 0 Å². The number of benzene rings is 2. The van der Waals surface area contributed by atoms with Crippen LogP contribution in [-0.4, -0.2) is 23.9 Å². The zero-order valence-electron chi connectivity index (χ0n) is 15.4. The third-order valence-corrected chi connectivity index (χ3v) is 3.98. The summed E-state index contributed by atoms with van der Waals surface area (Å²) in [7, 11) is 1.97. The van der Waals surface area contributed by atoms with Crippen LogP contribution < -0.4 is 16.0 Å². The Labute approximate surface area is 159 Å². The molecule has 1 aliphatic heterocycles. The van der Waals surface area contributed by atoms with E-state index in [-0.39, 0.29) is 12.1 Å². The van der Waals surface area contributed by atoms with Crippen LogP contribution >= 0.6 is 0 Å². The molecule has 0 bridgehead atoms. The minimum Gasteiger partial charge on any atom is -0.683 e. The smallest absolute Gasteiger partial charge is 0.323 e. The van der Waals surface area contributed by atoms with Crippen LogP contribution in [0.15, 0.2) is 78.9 Å². The summed E-state index contributed by atoms with van der Waals surface area (Å²) in [4.78, 5) is 12.1. The monoisotopic (exact) mass is 361 g/mol. The summed E-state index contributed by atoms with van der Waals surface area (Å²) < 4.78 is 1.97. The Hall–Kier alpha value is -3.54. The van der Waals surface area contributed by atoms with Crippen molar-refractivity contribution in [2.24, 2.45) is 0 Å². The van der Waals surface area contributed by atoms with Crippen molar-refractivity contribution in [1.82, 2.24) is 5.32 Å². The second kappa shape index (κ2) is 8.71. The van der Waals surface area contributed by atoms with E-state index in [1.54, 1.807) is 12.4 Å². The predicted molar refractivity (Wildman–Crippen MR) is 110 cm³/mol. The van der Waals surface area contributed by atoms with Gasteiger partial charge >= 0.3 is 6.03 Å². The van der Waals surface area contributed by atoms with E-state index in [0.717, 1.165) is 22.6 Å². The van der Waals surface area contributed by atoms with Crippen LogP contribution in [-0.2, 0) is 0 Å². The van der Waals surface area contributed by atoms with Crippen molar-refractivity contribution in [3.63, 3.8) is 0 Å². The fraction of sp³-hybridized carbons (Fsp3) is 0.143. The van der Waals surface area contributed by atoms with E-state index in [1.807, 2.05) is 85.6 Å². The maximum atomic E-state index is 12.1. The lowest BCUT2D eigenvalue weighted by molar-refractivity contribution is -0.429. The number of urea groups is 1. The standard InChI is InChI=1S/C21H23N5O/c1-16(22-11-12-23-20-14-26(2)15-20)17-7-6-10-19(13-17)25-21(27)24-18-8-4-3-5-9-18/h3-16,23H,1-2H3,(H2,24,25,27). The molecule has 2 aromatic rings. The summed E-state index contributed by atoms with van der Waals surface area (Å²) in [5, 5.41) is 13.3. The first-order valence-electron chi connectivity index (χ1n) is 8.73. The number of para-hydroxylation sites is 1. The van der Waals surface area contributed by atoms with Crippen LogP contribution in [0.3, 0.4) is 0 Å². The number of carbonyl (C=O) groups is 1. The molecule has 0 aliphatic carbocycles. The number of amides is 2. The van der Waals surface area contributed by atoms with Gasteiger partial charge in [-0.25, -0.2) is 9.37 Å². The summed E-state index contributed by atoms with van der Waals surface area (Å²) >= 11 is 0. The molecule has 0 spiro atoms. The Kier molecular flexibility index (Phi) is 5.89. The Bertz CT molecular complexity index is 886. The average Bonchev–Trinajstić information content (AvgIpc) is 2.64. The lowest BCUT2D eigenvalue weighted by Crippen LogP contribution is -2.21. The first kappa shape index (κ1) is 18.3. The number of nitrogens with zero attached hydrogens (tertiary/aromatic N) is 2. The van der Waals surface area contributed by atoms with Crippen LogP contribution in [0.25, 0.3) is 5.32 Å². The second-order valence-corrected chi connectivity index (χ2v) is 6.23. The Morgan fingerprint density at radius 1 is 1.07 bits per heavy atom. The highest BCUT2D eigenvalue weighted by atomic mass is 16.2. The van der Waals surface area contributed by atoms with Gasteiger partial charge in [0, 0.05) is 11.4 Å². The molecule has 1 atom stereocenters. The number of hydrogen-bond donors (Lipinski definition) is 3. The van der Waals surface area contributed by atoms with Crippen molar-refractivity contribution in [2.45, 2.75) is 13.0 Å². The summed E-state index contributed by atoms with van der Waals surface area (Å²) in [6.07, 6.45) is 7.54. The van der Waals surface area contributed by atoms with Crippen molar-refractivity contribution in [2.75, 3.05) is 17.7 Å². The van der Waals surface area contributed by atoms with Crippen molar-refractivity contribution in [3.8, 4) is 0 Å². The molecule has 1 aliphatic rings. The van der Waals surface area contributed by atoms with Gasteiger partial charge in [-0.2, -0.15) is 6.20 Å². The van der Waals surface area contributed by atoms with Gasteiger partial charge in [-0.15, -0.1) is 0 Å². The number of anilines is 2. The first-order valence-corrected chi connectivity index (χ1v) is 8.73. The van der Waals surface area contributed by atoms with E-state index in [0.29, 0.717) is 0 Å². The molecular weight excluding hydrogens is 338 g/mol. The fourth-order valence-electron chi connectivity index (χ4n) is 2.58. The van der Waals surface area contributed by atoms with E-state index in [1.165, 1.54) is 0 Å². The SMILES string of the molecule is CC([N-]C=CNC1=C[N+](C)=C1)c1cccc(NC(=O)Nc2ccccc2)c1. The van der Waals surface area contributed by atoms with Crippen molar-refractivity contribution < 1.29 is 9.37 Å². The quantitative estimate of drug-likeness (QED) is 0.640. The van der Waals surface area contributed by atoms with Gasteiger partial charge in [0.15, 0.2) is 18.1 Å². The van der Waals surface area contributed by atoms with Gasteiger partial charge in [-0.3, -0.25) is 0 Å². The van der Waals surface area contributed by atoms with Crippen LogP contribution in [0.4, 0.5) is 16.2 Å². The topological polar surface area (TPSA) is 70.3 Å². The molecule has 6 heteroatoms. The molecule has 2 amide bonds. The normalized spacial score (nSPS) is 13.9. The van der Waals surface area contributed by atoms with Crippen LogP contribution in [0.2, 0.25) is 0 Å². The molecule has 27 heavy (non-hydrogen) atoms. The highest BCUT2D eigenvalue weighted by Crippen LogP contribution is 2.24. The summed E-state index contributed by atoms with van der Waals surface area (Å²) in [6.45, 7) is 2.01. The third kappa shape index (κ3) is 5.47. The number of hydrogen-bond acceptors (Lipinski definition) is 2. The van der Waals surface area contributed by atoms with Crippen LogP contribution in [0.1, 0.15) is 18.5 Å². The highest BCUT2D eigenvalue weighted by molar-refractivity contribution is 5.99. The third-order valence-electron chi connectivity index (χ3n) is 3.98. The lowest BCUT2D eigenvalue weighted by atomic mass is 10.1. The molecule has 3 N–H and O–H groups in total. The van der Waals surface area contributed by atoms with Crippen molar-refractivity contribution in [1.29, 1.82) is 0 Å². The van der Waals surface area contributed by atoms with Crippen LogP contribution in [0, 0.1) is 0 Å². The van der Waals surface area contributed by atoms with Crippen molar-refractivity contribution in [3.05, 3.63) is 89.8 Å². The van der Waals surface area contributed by atoms with E-state index in [4.69, 9.17) is 0 Å². The summed E-state index contributed by atoms with van der Waals surface area (Å²) in [5.74, 6) is 0. The Morgan fingerprint density at radius 2 is 1.78 bits per heavy atom. The molecule has 6 nitrogen and oxygen atoms in total. The minimum atomic E-state index is -0.276. The molecule has 1 unspecified atom stereocenters. The molecule has 3 rings (SSSR count). The fourth-order valence-corrected chi connectivity index (χ4v) is 2.58. The summed E-state index contributed by atoms with van der Waals surface area (Å²) in [6, 6.07) is 16.7. The maximum Gasteiger partial charge on any atom is 0.323 e.